The average Bonchev–Trinajstić information content (AvgIpc) is 3.94. The molecule has 6 nitrogen and oxygen atoms in total. The lowest BCUT2D eigenvalue weighted by atomic mass is 10.0. The molecule has 0 spiro atoms. The van der Waals surface area contributed by atoms with Crippen LogP contribution in [0.4, 0.5) is 0 Å². The minimum absolute atomic E-state index is 0.576. The van der Waals surface area contributed by atoms with Crippen LogP contribution in [0.5, 0.6) is 0 Å². The average molecular weight is 730 g/mol. The van der Waals surface area contributed by atoms with Gasteiger partial charge in [-0.25, -0.2) is 4.98 Å². The summed E-state index contributed by atoms with van der Waals surface area (Å²) >= 11 is 0. The molecule has 0 radical (unpaired) electrons. The lowest BCUT2D eigenvalue weighted by molar-refractivity contribution is 0.669. The molecule has 0 saturated carbocycles. The summed E-state index contributed by atoms with van der Waals surface area (Å²) in [5.74, 6) is 1.83. The van der Waals surface area contributed by atoms with Crippen molar-refractivity contribution < 1.29 is 4.42 Å². The highest BCUT2D eigenvalue weighted by molar-refractivity contribution is 6.12. The molecule has 0 aliphatic rings. The Labute approximate surface area is 326 Å². The van der Waals surface area contributed by atoms with Crippen LogP contribution in [0.2, 0.25) is 0 Å². The summed E-state index contributed by atoms with van der Waals surface area (Å²) in [5, 5.41) is 6.91. The van der Waals surface area contributed by atoms with Crippen LogP contribution >= 0.6 is 0 Å². The lowest BCUT2D eigenvalue weighted by Crippen LogP contribution is -2.06. The van der Waals surface area contributed by atoms with E-state index in [0.29, 0.717) is 17.6 Å². The van der Waals surface area contributed by atoms with Crippen LogP contribution in [0.3, 0.4) is 0 Å². The van der Waals surface area contributed by atoms with Crippen molar-refractivity contribution in [1.82, 2.24) is 24.1 Å². The maximum Gasteiger partial charge on any atom is 0.238 e. The molecule has 0 saturated heterocycles. The molecule has 0 fully saturated rings. The number of nitrogens with zero attached hydrogens (tertiary/aromatic N) is 5. The van der Waals surface area contributed by atoms with Gasteiger partial charge in [0, 0.05) is 49.1 Å². The van der Waals surface area contributed by atoms with Gasteiger partial charge >= 0.3 is 0 Å². The molecule has 0 amide bonds. The molecule has 0 atom stereocenters. The Kier molecular flexibility index (Phi) is 6.83. The molecule has 0 bridgehead atoms. The number of para-hydroxylation sites is 3. The van der Waals surface area contributed by atoms with Crippen LogP contribution in [0, 0.1) is 0 Å². The van der Waals surface area contributed by atoms with E-state index >= 15 is 0 Å². The molecule has 0 aliphatic heterocycles. The third-order valence-electron chi connectivity index (χ3n) is 11.2. The maximum absolute atomic E-state index is 6.42. The van der Waals surface area contributed by atoms with E-state index in [1.165, 1.54) is 21.8 Å². The fourth-order valence-corrected chi connectivity index (χ4v) is 8.55. The first kappa shape index (κ1) is 31.5. The molecule has 12 rings (SSSR count). The second kappa shape index (κ2) is 12.3. The summed E-state index contributed by atoms with van der Waals surface area (Å²) < 4.78 is 10.9. The number of aromatic nitrogens is 5. The number of hydrogen-bond donors (Lipinski definition) is 0. The third-order valence-corrected chi connectivity index (χ3v) is 11.2. The van der Waals surface area contributed by atoms with Crippen molar-refractivity contribution in [2.75, 3.05) is 0 Å². The number of rotatable bonds is 5. The van der Waals surface area contributed by atoms with E-state index in [2.05, 4.69) is 137 Å². The zero-order chi connectivity index (χ0) is 37.5. The van der Waals surface area contributed by atoms with Crippen molar-refractivity contribution in [1.29, 1.82) is 0 Å². The summed E-state index contributed by atoms with van der Waals surface area (Å²) in [6.45, 7) is 0. The van der Waals surface area contributed by atoms with Crippen LogP contribution in [0.15, 0.2) is 192 Å². The monoisotopic (exact) mass is 729 g/mol. The van der Waals surface area contributed by atoms with Crippen LogP contribution in [0.25, 0.3) is 111 Å². The van der Waals surface area contributed by atoms with Gasteiger partial charge < -0.3 is 8.98 Å². The first-order valence-electron chi connectivity index (χ1n) is 19.1. The van der Waals surface area contributed by atoms with Gasteiger partial charge in [0.2, 0.25) is 5.95 Å². The van der Waals surface area contributed by atoms with Gasteiger partial charge in [-0.3, -0.25) is 4.57 Å². The van der Waals surface area contributed by atoms with Crippen molar-refractivity contribution >= 4 is 65.6 Å². The van der Waals surface area contributed by atoms with Crippen molar-refractivity contribution in [3.63, 3.8) is 0 Å². The van der Waals surface area contributed by atoms with Gasteiger partial charge in [-0.2, -0.15) is 9.97 Å². The standard InChI is InChI=1S/C51H31N5O/c1-3-13-32(14-4-1)49-52-50(33-15-5-2-6-16-33)54-51(53-49)56-45-22-12-9-19-39(45)40-29-34(23-26-46(40)56)35-24-27-47-41(30-35)42-31-36(25-28-48(42)57-47)55-43-20-10-7-17-37(43)38-18-8-11-21-44(38)55/h1-31H. The predicted molar refractivity (Wildman–Crippen MR) is 232 cm³/mol. The van der Waals surface area contributed by atoms with E-state index in [1.54, 1.807) is 0 Å². The van der Waals surface area contributed by atoms with Crippen molar-refractivity contribution in [3.05, 3.63) is 188 Å². The van der Waals surface area contributed by atoms with Crippen molar-refractivity contribution in [2.45, 2.75) is 0 Å². The largest absolute Gasteiger partial charge is 0.456 e. The highest BCUT2D eigenvalue weighted by atomic mass is 16.3. The minimum atomic E-state index is 0.576. The molecule has 266 valence electrons. The quantitative estimate of drug-likeness (QED) is 0.177. The lowest BCUT2D eigenvalue weighted by Gasteiger charge is -2.11. The zero-order valence-corrected chi connectivity index (χ0v) is 30.5. The molecular weight excluding hydrogens is 699 g/mol. The van der Waals surface area contributed by atoms with Gasteiger partial charge in [0.25, 0.3) is 0 Å². The molecule has 0 N–H and O–H groups in total. The Bertz CT molecular complexity index is 3410. The van der Waals surface area contributed by atoms with Crippen LogP contribution in [-0.2, 0) is 0 Å². The Balaban J connectivity index is 1.02. The summed E-state index contributed by atoms with van der Waals surface area (Å²) in [6.07, 6.45) is 0. The molecule has 6 heteroatoms. The van der Waals surface area contributed by atoms with Crippen LogP contribution < -0.4 is 0 Å². The fraction of sp³-hybridized carbons (Fsp3) is 0. The number of furan rings is 1. The minimum Gasteiger partial charge on any atom is -0.456 e. The first-order chi connectivity index (χ1) is 28.2. The van der Waals surface area contributed by atoms with E-state index in [9.17, 15) is 0 Å². The van der Waals surface area contributed by atoms with Crippen LogP contribution in [-0.4, -0.2) is 24.1 Å². The number of fused-ring (bicyclic) bond motifs is 9. The number of hydrogen-bond acceptors (Lipinski definition) is 4. The van der Waals surface area contributed by atoms with E-state index in [1.807, 2.05) is 60.7 Å². The topological polar surface area (TPSA) is 61.7 Å². The summed E-state index contributed by atoms with van der Waals surface area (Å²) in [7, 11) is 0. The molecule has 57 heavy (non-hydrogen) atoms. The van der Waals surface area contributed by atoms with Gasteiger partial charge in [0.1, 0.15) is 11.2 Å². The van der Waals surface area contributed by atoms with Gasteiger partial charge in [0.05, 0.1) is 22.1 Å². The molecule has 12 aromatic rings. The second-order valence-electron chi connectivity index (χ2n) is 14.5. The Morgan fingerprint density at radius 2 is 0.772 bits per heavy atom. The molecule has 0 unspecified atom stereocenters. The van der Waals surface area contributed by atoms with Gasteiger partial charge in [0.15, 0.2) is 11.6 Å². The normalized spacial score (nSPS) is 11.9. The maximum atomic E-state index is 6.42. The highest BCUT2D eigenvalue weighted by Gasteiger charge is 2.19. The highest BCUT2D eigenvalue weighted by Crippen LogP contribution is 2.39. The van der Waals surface area contributed by atoms with E-state index in [-0.39, 0.29) is 0 Å². The summed E-state index contributed by atoms with van der Waals surface area (Å²) in [6, 6.07) is 65.7. The van der Waals surface area contributed by atoms with Gasteiger partial charge in [-0.05, 0) is 71.8 Å². The smallest absolute Gasteiger partial charge is 0.238 e. The second-order valence-corrected chi connectivity index (χ2v) is 14.5. The fourth-order valence-electron chi connectivity index (χ4n) is 8.55. The van der Waals surface area contributed by atoms with E-state index in [0.717, 1.165) is 71.7 Å². The third kappa shape index (κ3) is 4.94. The summed E-state index contributed by atoms with van der Waals surface area (Å²) in [4.78, 5) is 15.1. The molecule has 0 aliphatic carbocycles. The Morgan fingerprint density at radius 1 is 0.316 bits per heavy atom. The molecule has 8 aromatic carbocycles. The Morgan fingerprint density at radius 3 is 1.39 bits per heavy atom. The van der Waals surface area contributed by atoms with Crippen molar-refractivity contribution in [2.24, 2.45) is 0 Å². The van der Waals surface area contributed by atoms with E-state index < -0.39 is 0 Å². The Hall–Kier alpha value is -7.83. The zero-order valence-electron chi connectivity index (χ0n) is 30.5. The van der Waals surface area contributed by atoms with Crippen LogP contribution in [0.1, 0.15) is 0 Å². The van der Waals surface area contributed by atoms with Gasteiger partial charge in [-0.1, -0.05) is 127 Å². The van der Waals surface area contributed by atoms with E-state index in [4.69, 9.17) is 19.4 Å². The molecule has 4 aromatic heterocycles. The SMILES string of the molecule is c1ccc(-c2nc(-c3ccccc3)nc(-n3c4ccccc4c4cc(-c5ccc6oc7ccc(-n8c9ccccc9c9ccccc98)cc7c6c5)ccc43)n2)cc1. The van der Waals surface area contributed by atoms with Crippen molar-refractivity contribution in [3.8, 4) is 45.5 Å². The predicted octanol–water partition coefficient (Wildman–Crippen LogP) is 13.0. The molecule has 4 heterocycles. The first-order valence-corrected chi connectivity index (χ1v) is 19.1. The van der Waals surface area contributed by atoms with Gasteiger partial charge in [-0.15, -0.1) is 0 Å². The molecular formula is C51H31N5O. The summed E-state index contributed by atoms with van der Waals surface area (Å²) in [5.41, 5.74) is 11.4. The number of benzene rings is 8.